The molecule has 0 aliphatic carbocycles. The van der Waals surface area contributed by atoms with E-state index in [1.807, 2.05) is 0 Å². The lowest BCUT2D eigenvalue weighted by molar-refractivity contribution is -0.307. The lowest BCUT2D eigenvalue weighted by Gasteiger charge is -2.44. The molecule has 0 saturated carbocycles. The third-order valence-corrected chi connectivity index (χ3v) is 5.55. The highest BCUT2D eigenvalue weighted by molar-refractivity contribution is 5.96. The molecule has 0 aromatic heterocycles. The van der Waals surface area contributed by atoms with Crippen LogP contribution in [-0.4, -0.2) is 105 Å². The van der Waals surface area contributed by atoms with Crippen molar-refractivity contribution in [2.75, 3.05) is 32.8 Å². The van der Waals surface area contributed by atoms with Crippen LogP contribution < -0.4 is 16.0 Å². The van der Waals surface area contributed by atoms with Crippen LogP contribution in [-0.2, 0) is 57.2 Å². The van der Waals surface area contributed by atoms with Crippen LogP contribution in [0.4, 0.5) is 0 Å². The summed E-state index contributed by atoms with van der Waals surface area (Å²) in [5.74, 6) is -4.63. The number of nitrogens with one attached hydrogen (secondary N) is 3. The van der Waals surface area contributed by atoms with Crippen molar-refractivity contribution in [3.05, 3.63) is 35.9 Å². The molecule has 0 bridgehead atoms. The Kier molecular flexibility index (Phi) is 14.0. The van der Waals surface area contributed by atoms with Crippen molar-refractivity contribution in [3.63, 3.8) is 0 Å². The molecule has 1 fully saturated rings. The van der Waals surface area contributed by atoms with E-state index in [2.05, 4.69) is 16.0 Å². The number of hydrogen-bond acceptors (Lipinski definition) is 13. The first kappa shape index (κ1) is 34.6. The topological polar surface area (TPSA) is 211 Å². The lowest BCUT2D eigenvalue weighted by atomic mass is 9.98. The number of esters is 4. The van der Waals surface area contributed by atoms with Gasteiger partial charge in [-0.1, -0.05) is 18.2 Å². The molecule has 3 amide bonds. The maximum atomic E-state index is 12.2. The summed E-state index contributed by atoms with van der Waals surface area (Å²) in [6.07, 6.45) is -6.70. The number of benzene rings is 1. The van der Waals surface area contributed by atoms with Gasteiger partial charge < -0.3 is 44.4 Å². The molecule has 1 aliphatic rings. The third-order valence-electron chi connectivity index (χ3n) is 5.55. The number of carbonyl (C=O) groups excluding carboxylic acids is 7. The molecule has 0 radical (unpaired) electrons. The fraction of sp³-hybridized carbons (Fsp3) is 0.519. The second-order valence-corrected chi connectivity index (χ2v) is 9.11. The zero-order valence-electron chi connectivity index (χ0n) is 24.1. The molecule has 0 spiro atoms. The Morgan fingerprint density at radius 1 is 0.698 bits per heavy atom. The van der Waals surface area contributed by atoms with Gasteiger partial charge >= 0.3 is 23.9 Å². The molecule has 1 aromatic carbocycles. The molecule has 43 heavy (non-hydrogen) atoms. The third kappa shape index (κ3) is 12.5. The Balaban J connectivity index is 1.93. The summed E-state index contributed by atoms with van der Waals surface area (Å²) in [4.78, 5) is 83.1. The normalized spacial score (nSPS) is 21.0. The highest BCUT2D eigenvalue weighted by atomic mass is 16.7. The van der Waals surface area contributed by atoms with Crippen LogP contribution in [0.5, 0.6) is 0 Å². The van der Waals surface area contributed by atoms with Crippen molar-refractivity contribution in [2.24, 2.45) is 0 Å². The molecule has 0 unspecified atom stereocenters. The van der Waals surface area contributed by atoms with E-state index in [0.717, 1.165) is 27.7 Å². The van der Waals surface area contributed by atoms with E-state index < -0.39 is 78.9 Å². The molecular formula is C27H35N3O13. The quantitative estimate of drug-likeness (QED) is 0.128. The fourth-order valence-electron chi connectivity index (χ4n) is 3.84. The smallest absolute Gasteiger partial charge is 0.303 e. The Hall–Kier alpha value is -4.57. The van der Waals surface area contributed by atoms with Crippen LogP contribution in [0.2, 0.25) is 0 Å². The van der Waals surface area contributed by atoms with Crippen molar-refractivity contribution >= 4 is 41.6 Å². The molecule has 16 heteroatoms. The Labute approximate surface area is 247 Å². The van der Waals surface area contributed by atoms with E-state index >= 15 is 0 Å². The number of ether oxygens (including phenoxy) is 6. The molecule has 3 N–H and O–H groups in total. The summed E-state index contributed by atoms with van der Waals surface area (Å²) < 4.78 is 32.3. The fourth-order valence-corrected chi connectivity index (χ4v) is 3.84. The first-order chi connectivity index (χ1) is 20.4. The largest absolute Gasteiger partial charge is 0.463 e. The van der Waals surface area contributed by atoms with Crippen LogP contribution >= 0.6 is 0 Å². The molecule has 236 valence electrons. The minimum Gasteiger partial charge on any atom is -0.463 e. The molecule has 1 aromatic rings. The van der Waals surface area contributed by atoms with Gasteiger partial charge in [-0.3, -0.25) is 33.6 Å². The molecule has 2 rings (SSSR count). The van der Waals surface area contributed by atoms with Crippen molar-refractivity contribution in [3.8, 4) is 0 Å². The van der Waals surface area contributed by atoms with Gasteiger partial charge in [0.1, 0.15) is 12.7 Å². The first-order valence-corrected chi connectivity index (χ1v) is 13.2. The minimum atomic E-state index is -1.40. The number of amides is 3. The molecular weight excluding hydrogens is 574 g/mol. The van der Waals surface area contributed by atoms with Crippen LogP contribution in [0.25, 0.3) is 0 Å². The van der Waals surface area contributed by atoms with E-state index in [1.165, 1.54) is 0 Å². The predicted octanol–water partition coefficient (Wildman–Crippen LogP) is -1.25. The zero-order valence-corrected chi connectivity index (χ0v) is 24.1. The van der Waals surface area contributed by atoms with Gasteiger partial charge in [0.2, 0.25) is 11.8 Å². The van der Waals surface area contributed by atoms with E-state index in [4.69, 9.17) is 28.4 Å². The van der Waals surface area contributed by atoms with E-state index in [-0.39, 0.29) is 26.2 Å². The Morgan fingerprint density at radius 2 is 1.26 bits per heavy atom. The zero-order chi connectivity index (χ0) is 31.9. The van der Waals surface area contributed by atoms with Gasteiger partial charge in [0.25, 0.3) is 5.91 Å². The average Bonchev–Trinajstić information content (AvgIpc) is 2.94. The maximum absolute atomic E-state index is 12.2. The van der Waals surface area contributed by atoms with E-state index in [1.54, 1.807) is 30.3 Å². The van der Waals surface area contributed by atoms with Crippen LogP contribution in [0, 0.1) is 0 Å². The monoisotopic (exact) mass is 609 g/mol. The van der Waals surface area contributed by atoms with Gasteiger partial charge in [-0.15, -0.1) is 0 Å². The van der Waals surface area contributed by atoms with Crippen molar-refractivity contribution in [1.29, 1.82) is 0 Å². The van der Waals surface area contributed by atoms with Crippen LogP contribution in [0.1, 0.15) is 38.1 Å². The second kappa shape index (κ2) is 17.4. The summed E-state index contributed by atoms with van der Waals surface area (Å²) in [6, 6.07) is 8.28. The highest BCUT2D eigenvalue weighted by Gasteiger charge is 2.52. The first-order valence-electron chi connectivity index (χ1n) is 13.2. The van der Waals surface area contributed by atoms with Crippen LogP contribution in [0.15, 0.2) is 30.3 Å². The molecule has 16 nitrogen and oxygen atoms in total. The summed E-state index contributed by atoms with van der Waals surface area (Å²) in [7, 11) is 0. The number of rotatable bonds is 14. The Morgan fingerprint density at radius 3 is 1.86 bits per heavy atom. The summed E-state index contributed by atoms with van der Waals surface area (Å²) >= 11 is 0. The summed E-state index contributed by atoms with van der Waals surface area (Å²) in [5.41, 5.74) is 0.379. The van der Waals surface area contributed by atoms with Gasteiger partial charge in [0.05, 0.1) is 19.7 Å². The second-order valence-electron chi connectivity index (χ2n) is 9.11. The predicted molar refractivity (Wildman–Crippen MR) is 143 cm³/mol. The van der Waals surface area contributed by atoms with E-state index in [0.29, 0.717) is 5.56 Å². The average molecular weight is 610 g/mol. The molecule has 1 saturated heterocycles. The Bertz CT molecular complexity index is 1160. The van der Waals surface area contributed by atoms with Crippen molar-refractivity contribution in [2.45, 2.75) is 58.4 Å². The molecule has 1 aliphatic heterocycles. The number of carbonyl (C=O) groups is 7. The SMILES string of the molecule is CC(=O)OC[C@H]1O[C@H](OCCNC(=O)CNC(=O)CNC(=O)c2ccccc2)[C@@H](OC(C)=O)[C@@H](OC(C)=O)[C@@H]1OC(C)=O. The maximum Gasteiger partial charge on any atom is 0.303 e. The van der Waals surface area contributed by atoms with Gasteiger partial charge in [0, 0.05) is 39.8 Å². The van der Waals surface area contributed by atoms with Gasteiger partial charge in [-0.05, 0) is 12.1 Å². The minimum absolute atomic E-state index is 0.0910. The summed E-state index contributed by atoms with van der Waals surface area (Å²) in [5, 5.41) is 7.30. The van der Waals surface area contributed by atoms with Crippen LogP contribution in [0.3, 0.4) is 0 Å². The van der Waals surface area contributed by atoms with E-state index in [9.17, 15) is 33.6 Å². The van der Waals surface area contributed by atoms with Crippen molar-refractivity contribution < 1.29 is 62.0 Å². The number of hydrogen-bond donors (Lipinski definition) is 3. The molecule has 1 heterocycles. The highest BCUT2D eigenvalue weighted by Crippen LogP contribution is 2.29. The summed E-state index contributed by atoms with van der Waals surface area (Å²) in [6.45, 7) is 2.99. The standard InChI is InChI=1S/C27H35N3O13/c1-15(31)39-14-20-23(40-16(2)32)24(41-17(3)33)25(42-18(4)34)27(43-20)38-11-10-28-21(35)12-29-22(36)13-30-26(37)19-8-6-5-7-9-19/h5-9,20,23-25,27H,10-14H2,1-4H3,(H,28,35)(H,29,36)(H,30,37)/t20-,23-,24+,25+,27+/m1/s1. The van der Waals surface area contributed by atoms with Gasteiger partial charge in [0.15, 0.2) is 24.6 Å². The lowest BCUT2D eigenvalue weighted by Crippen LogP contribution is -2.63. The molecule has 5 atom stereocenters. The van der Waals surface area contributed by atoms with Gasteiger partial charge in [-0.2, -0.15) is 0 Å². The van der Waals surface area contributed by atoms with Gasteiger partial charge in [-0.25, -0.2) is 0 Å². The van der Waals surface area contributed by atoms with Crippen molar-refractivity contribution in [1.82, 2.24) is 16.0 Å².